The number of carbonyl (C=O) groups excluding carboxylic acids is 1. The molecule has 1 aliphatic carbocycles. The molecule has 3 heteroatoms. The van der Waals surface area contributed by atoms with Crippen LogP contribution in [-0.2, 0) is 11.2 Å². The highest BCUT2D eigenvalue weighted by Gasteiger charge is 2.24. The second-order valence-corrected chi connectivity index (χ2v) is 4.93. The van der Waals surface area contributed by atoms with E-state index in [0.717, 1.165) is 31.2 Å². The molecular weight excluding hydrogens is 214 g/mol. The first-order valence-corrected chi connectivity index (χ1v) is 6.21. The molecule has 0 aromatic heterocycles. The van der Waals surface area contributed by atoms with Crippen LogP contribution in [0, 0.1) is 5.92 Å². The average molecular weight is 233 g/mol. The van der Waals surface area contributed by atoms with E-state index in [1.54, 1.807) is 24.3 Å². The second kappa shape index (κ2) is 5.32. The Hall–Kier alpha value is -1.35. The van der Waals surface area contributed by atoms with Crippen molar-refractivity contribution in [3.63, 3.8) is 0 Å². The Morgan fingerprint density at radius 1 is 1.29 bits per heavy atom. The fourth-order valence-electron chi connectivity index (χ4n) is 2.48. The minimum atomic E-state index is 0.132. The molecule has 0 bridgehead atoms. The highest BCUT2D eigenvalue weighted by atomic mass is 16.3. The summed E-state index contributed by atoms with van der Waals surface area (Å²) in [5.41, 5.74) is 6.86. The standard InChI is InChI=1S/C14H19NO2/c15-12-3-1-2-11(9-12)14(17)8-10-4-6-13(16)7-5-10/h4-7,11-12,16H,1-3,8-9,15H2. The molecule has 1 aliphatic rings. The third-order valence-electron chi connectivity index (χ3n) is 3.48. The van der Waals surface area contributed by atoms with Gasteiger partial charge in [-0.3, -0.25) is 4.79 Å². The first-order valence-electron chi connectivity index (χ1n) is 6.21. The minimum absolute atomic E-state index is 0.132. The summed E-state index contributed by atoms with van der Waals surface area (Å²) in [4.78, 5) is 12.1. The SMILES string of the molecule is NC1CCCC(C(=O)Cc2ccc(O)cc2)C1. The normalized spacial score (nSPS) is 24.5. The zero-order valence-corrected chi connectivity index (χ0v) is 9.93. The fraction of sp³-hybridized carbons (Fsp3) is 0.500. The lowest BCUT2D eigenvalue weighted by Gasteiger charge is -2.25. The van der Waals surface area contributed by atoms with Gasteiger partial charge >= 0.3 is 0 Å². The molecule has 0 radical (unpaired) electrons. The summed E-state index contributed by atoms with van der Waals surface area (Å²) < 4.78 is 0. The monoisotopic (exact) mass is 233 g/mol. The van der Waals surface area contributed by atoms with Crippen molar-refractivity contribution < 1.29 is 9.90 Å². The molecule has 0 heterocycles. The molecular formula is C14H19NO2. The predicted molar refractivity (Wildman–Crippen MR) is 66.8 cm³/mol. The lowest BCUT2D eigenvalue weighted by Crippen LogP contribution is -2.32. The number of Topliss-reactive ketones (excluding diaryl/α,β-unsaturated/α-hetero) is 1. The van der Waals surface area contributed by atoms with Gasteiger partial charge in [0.15, 0.2) is 0 Å². The summed E-state index contributed by atoms with van der Waals surface area (Å²) in [6, 6.07) is 7.04. The fourth-order valence-corrected chi connectivity index (χ4v) is 2.48. The molecule has 0 saturated heterocycles. The van der Waals surface area contributed by atoms with E-state index in [9.17, 15) is 9.90 Å². The molecule has 3 nitrogen and oxygen atoms in total. The van der Waals surface area contributed by atoms with Gasteiger partial charge in [0.25, 0.3) is 0 Å². The third-order valence-corrected chi connectivity index (χ3v) is 3.48. The van der Waals surface area contributed by atoms with E-state index in [0.29, 0.717) is 6.42 Å². The quantitative estimate of drug-likeness (QED) is 0.839. The van der Waals surface area contributed by atoms with Crippen LogP contribution in [0.3, 0.4) is 0 Å². The molecule has 2 atom stereocenters. The maximum atomic E-state index is 12.1. The van der Waals surface area contributed by atoms with Gasteiger partial charge < -0.3 is 10.8 Å². The van der Waals surface area contributed by atoms with Gasteiger partial charge in [-0.1, -0.05) is 18.6 Å². The number of aromatic hydroxyl groups is 1. The topological polar surface area (TPSA) is 63.3 Å². The molecule has 0 aliphatic heterocycles. The van der Waals surface area contributed by atoms with Gasteiger partial charge in [0.1, 0.15) is 11.5 Å². The number of phenolic OH excluding ortho intramolecular Hbond substituents is 1. The Morgan fingerprint density at radius 2 is 2.00 bits per heavy atom. The molecule has 2 unspecified atom stereocenters. The lowest BCUT2D eigenvalue weighted by molar-refractivity contribution is -0.123. The van der Waals surface area contributed by atoms with Crippen LogP contribution in [-0.4, -0.2) is 16.9 Å². The van der Waals surface area contributed by atoms with Crippen LogP contribution >= 0.6 is 0 Å². The van der Waals surface area contributed by atoms with Crippen LogP contribution in [0.25, 0.3) is 0 Å². The van der Waals surface area contributed by atoms with Crippen LogP contribution in [0.2, 0.25) is 0 Å². The lowest BCUT2D eigenvalue weighted by atomic mass is 9.82. The van der Waals surface area contributed by atoms with Crippen molar-refractivity contribution in [1.82, 2.24) is 0 Å². The number of rotatable bonds is 3. The molecule has 1 fully saturated rings. The largest absolute Gasteiger partial charge is 0.508 e. The Morgan fingerprint density at radius 3 is 2.65 bits per heavy atom. The predicted octanol–water partition coefficient (Wildman–Crippen LogP) is 2.02. The number of phenols is 1. The molecule has 17 heavy (non-hydrogen) atoms. The molecule has 0 amide bonds. The summed E-state index contributed by atoms with van der Waals surface area (Å²) >= 11 is 0. The van der Waals surface area contributed by atoms with E-state index in [4.69, 9.17) is 5.73 Å². The number of hydrogen-bond acceptors (Lipinski definition) is 3. The van der Waals surface area contributed by atoms with Crippen LogP contribution < -0.4 is 5.73 Å². The van der Waals surface area contributed by atoms with Crippen molar-refractivity contribution in [3.8, 4) is 5.75 Å². The maximum absolute atomic E-state index is 12.1. The van der Waals surface area contributed by atoms with Gasteiger partial charge in [-0.05, 0) is 37.0 Å². The third kappa shape index (κ3) is 3.30. The van der Waals surface area contributed by atoms with Crippen molar-refractivity contribution in [2.75, 3.05) is 0 Å². The minimum Gasteiger partial charge on any atom is -0.508 e. The van der Waals surface area contributed by atoms with Gasteiger partial charge in [-0.25, -0.2) is 0 Å². The van der Waals surface area contributed by atoms with Gasteiger partial charge in [0.2, 0.25) is 0 Å². The summed E-state index contributed by atoms with van der Waals surface area (Å²) in [5, 5.41) is 9.17. The van der Waals surface area contributed by atoms with Crippen LogP contribution in [0.1, 0.15) is 31.2 Å². The number of carbonyl (C=O) groups is 1. The van der Waals surface area contributed by atoms with E-state index in [-0.39, 0.29) is 23.5 Å². The van der Waals surface area contributed by atoms with Crippen molar-refractivity contribution in [2.24, 2.45) is 11.7 Å². The average Bonchev–Trinajstić information content (AvgIpc) is 2.32. The van der Waals surface area contributed by atoms with Gasteiger partial charge in [-0.15, -0.1) is 0 Å². The van der Waals surface area contributed by atoms with Crippen molar-refractivity contribution in [3.05, 3.63) is 29.8 Å². The zero-order valence-electron chi connectivity index (χ0n) is 9.93. The van der Waals surface area contributed by atoms with Crippen molar-refractivity contribution >= 4 is 5.78 Å². The summed E-state index contributed by atoms with van der Waals surface area (Å²) in [5.74, 6) is 0.652. The van der Waals surface area contributed by atoms with E-state index in [1.807, 2.05) is 0 Å². The van der Waals surface area contributed by atoms with E-state index < -0.39 is 0 Å². The number of hydrogen-bond donors (Lipinski definition) is 2. The second-order valence-electron chi connectivity index (χ2n) is 4.93. The summed E-state index contributed by atoms with van der Waals surface area (Å²) in [7, 11) is 0. The van der Waals surface area contributed by atoms with Crippen molar-refractivity contribution in [1.29, 1.82) is 0 Å². The van der Waals surface area contributed by atoms with Crippen molar-refractivity contribution in [2.45, 2.75) is 38.1 Å². The molecule has 1 saturated carbocycles. The highest BCUT2D eigenvalue weighted by molar-refractivity contribution is 5.83. The first kappa shape index (κ1) is 12.1. The Bertz CT molecular complexity index is 386. The van der Waals surface area contributed by atoms with E-state index in [1.165, 1.54) is 0 Å². The molecule has 2 rings (SSSR count). The Kier molecular flexibility index (Phi) is 3.79. The van der Waals surface area contributed by atoms with E-state index in [2.05, 4.69) is 0 Å². The first-order chi connectivity index (χ1) is 8.15. The zero-order chi connectivity index (χ0) is 12.3. The number of benzene rings is 1. The van der Waals surface area contributed by atoms with Crippen LogP contribution in [0.5, 0.6) is 5.75 Å². The molecule has 0 spiro atoms. The van der Waals surface area contributed by atoms with E-state index >= 15 is 0 Å². The summed E-state index contributed by atoms with van der Waals surface area (Å²) in [6.45, 7) is 0. The summed E-state index contributed by atoms with van der Waals surface area (Å²) in [6.07, 6.45) is 4.37. The molecule has 1 aromatic carbocycles. The molecule has 1 aromatic rings. The van der Waals surface area contributed by atoms with Crippen LogP contribution in [0.15, 0.2) is 24.3 Å². The van der Waals surface area contributed by atoms with Crippen LogP contribution in [0.4, 0.5) is 0 Å². The highest BCUT2D eigenvalue weighted by Crippen LogP contribution is 2.25. The number of nitrogens with two attached hydrogens (primary N) is 1. The molecule has 92 valence electrons. The Labute approximate surface area is 102 Å². The maximum Gasteiger partial charge on any atom is 0.140 e. The Balaban J connectivity index is 1.94. The molecule has 3 N–H and O–H groups in total. The van der Waals surface area contributed by atoms with Gasteiger partial charge in [0, 0.05) is 18.4 Å². The number of ketones is 1. The van der Waals surface area contributed by atoms with Gasteiger partial charge in [-0.2, -0.15) is 0 Å². The van der Waals surface area contributed by atoms with Gasteiger partial charge in [0.05, 0.1) is 0 Å². The smallest absolute Gasteiger partial charge is 0.140 e.